The first-order chi connectivity index (χ1) is 8.04. The van der Waals surface area contributed by atoms with Crippen molar-refractivity contribution in [3.05, 3.63) is 23.8 Å². The Morgan fingerprint density at radius 2 is 2.06 bits per heavy atom. The number of rotatable bonds is 6. The third-order valence-electron chi connectivity index (χ3n) is 2.50. The Kier molecular flexibility index (Phi) is 5.29. The molecular formula is C14H23NO2. The van der Waals surface area contributed by atoms with Gasteiger partial charge in [-0.1, -0.05) is 26.0 Å². The van der Waals surface area contributed by atoms with E-state index in [0.717, 1.165) is 18.7 Å². The number of phenolic OH excluding ortho intramolecular Hbond substituents is 1. The summed E-state index contributed by atoms with van der Waals surface area (Å²) >= 11 is 0. The molecule has 0 aromatic heterocycles. The van der Waals surface area contributed by atoms with Crippen LogP contribution in [0.5, 0.6) is 11.5 Å². The number of nitrogens with zero attached hydrogens (tertiary/aromatic N) is 1. The van der Waals surface area contributed by atoms with E-state index in [1.54, 1.807) is 6.07 Å². The van der Waals surface area contributed by atoms with Crippen LogP contribution in [0.4, 0.5) is 0 Å². The summed E-state index contributed by atoms with van der Waals surface area (Å²) < 4.78 is 5.37. The smallest absolute Gasteiger partial charge is 0.162 e. The molecule has 96 valence electrons. The minimum atomic E-state index is 0.268. The van der Waals surface area contributed by atoms with E-state index in [1.165, 1.54) is 0 Å². The van der Waals surface area contributed by atoms with Gasteiger partial charge in [-0.15, -0.1) is 0 Å². The minimum absolute atomic E-state index is 0.268. The summed E-state index contributed by atoms with van der Waals surface area (Å²) in [6.45, 7) is 8.61. The van der Waals surface area contributed by atoms with Crippen LogP contribution in [0.15, 0.2) is 18.2 Å². The Balaban J connectivity index is 2.73. The van der Waals surface area contributed by atoms with Crippen LogP contribution >= 0.6 is 0 Å². The van der Waals surface area contributed by atoms with Crippen molar-refractivity contribution in [1.82, 2.24) is 4.90 Å². The number of ether oxygens (including phenoxy) is 1. The van der Waals surface area contributed by atoms with E-state index >= 15 is 0 Å². The lowest BCUT2D eigenvalue weighted by Crippen LogP contribution is -2.22. The molecule has 17 heavy (non-hydrogen) atoms. The lowest BCUT2D eigenvalue weighted by Gasteiger charge is -2.20. The highest BCUT2D eigenvalue weighted by atomic mass is 16.5. The fourth-order valence-electron chi connectivity index (χ4n) is 1.95. The molecule has 0 fully saturated rings. The molecule has 0 aliphatic heterocycles. The van der Waals surface area contributed by atoms with E-state index in [4.69, 9.17) is 4.74 Å². The summed E-state index contributed by atoms with van der Waals surface area (Å²) in [7, 11) is 2.06. The molecule has 0 aliphatic rings. The molecule has 1 aromatic carbocycles. The molecule has 3 nitrogen and oxygen atoms in total. The Morgan fingerprint density at radius 1 is 1.35 bits per heavy atom. The van der Waals surface area contributed by atoms with Crippen molar-refractivity contribution < 1.29 is 9.84 Å². The predicted octanol–water partition coefficient (Wildman–Crippen LogP) is 2.88. The second-order valence-corrected chi connectivity index (χ2v) is 4.79. The normalized spacial score (nSPS) is 11.2. The number of para-hydroxylation sites is 1. The molecule has 0 bridgehead atoms. The first-order valence-electron chi connectivity index (χ1n) is 6.16. The average molecular weight is 237 g/mol. The first-order valence-corrected chi connectivity index (χ1v) is 6.16. The minimum Gasteiger partial charge on any atom is -0.504 e. The Labute approximate surface area is 104 Å². The van der Waals surface area contributed by atoms with Crippen LogP contribution in [-0.4, -0.2) is 30.2 Å². The van der Waals surface area contributed by atoms with Gasteiger partial charge in [0.25, 0.3) is 0 Å². The van der Waals surface area contributed by atoms with Crippen molar-refractivity contribution in [1.29, 1.82) is 0 Å². The molecule has 0 saturated carbocycles. The Morgan fingerprint density at radius 3 is 2.65 bits per heavy atom. The monoisotopic (exact) mass is 237 g/mol. The molecule has 0 saturated heterocycles. The van der Waals surface area contributed by atoms with Crippen molar-refractivity contribution in [2.24, 2.45) is 5.92 Å². The molecule has 0 atom stereocenters. The molecular weight excluding hydrogens is 214 g/mol. The van der Waals surface area contributed by atoms with Gasteiger partial charge in [0.1, 0.15) is 0 Å². The predicted molar refractivity (Wildman–Crippen MR) is 70.4 cm³/mol. The van der Waals surface area contributed by atoms with Crippen molar-refractivity contribution in [2.75, 3.05) is 20.2 Å². The second kappa shape index (κ2) is 6.50. The molecule has 3 heteroatoms. The summed E-state index contributed by atoms with van der Waals surface area (Å²) in [6, 6.07) is 5.66. The highest BCUT2D eigenvalue weighted by molar-refractivity contribution is 5.45. The van der Waals surface area contributed by atoms with E-state index < -0.39 is 0 Å². The average Bonchev–Trinajstić information content (AvgIpc) is 2.23. The van der Waals surface area contributed by atoms with Crippen molar-refractivity contribution in [2.45, 2.75) is 27.3 Å². The van der Waals surface area contributed by atoms with Crippen LogP contribution in [0.1, 0.15) is 26.3 Å². The number of aromatic hydroxyl groups is 1. The number of phenols is 1. The van der Waals surface area contributed by atoms with E-state index in [9.17, 15) is 5.11 Å². The standard InChI is InChI=1S/C14H23NO2/c1-5-17-13-8-6-7-12(14(13)16)10-15(4)9-11(2)3/h6-8,11,16H,5,9-10H2,1-4H3. The zero-order valence-electron chi connectivity index (χ0n) is 11.2. The van der Waals surface area contributed by atoms with Gasteiger partial charge in [0, 0.05) is 18.7 Å². The molecule has 0 unspecified atom stereocenters. The SMILES string of the molecule is CCOc1cccc(CN(C)CC(C)C)c1O. The number of benzene rings is 1. The van der Waals surface area contributed by atoms with Crippen LogP contribution in [0, 0.1) is 5.92 Å². The van der Waals surface area contributed by atoms with Crippen molar-refractivity contribution >= 4 is 0 Å². The summed E-state index contributed by atoms with van der Waals surface area (Å²) in [4.78, 5) is 2.20. The molecule has 0 heterocycles. The zero-order chi connectivity index (χ0) is 12.8. The first kappa shape index (κ1) is 13.8. The highest BCUT2D eigenvalue weighted by Crippen LogP contribution is 2.30. The van der Waals surface area contributed by atoms with Gasteiger partial charge in [-0.2, -0.15) is 0 Å². The molecule has 0 amide bonds. The van der Waals surface area contributed by atoms with Gasteiger partial charge in [-0.25, -0.2) is 0 Å². The second-order valence-electron chi connectivity index (χ2n) is 4.79. The van der Waals surface area contributed by atoms with E-state index in [0.29, 0.717) is 18.3 Å². The molecule has 1 aromatic rings. The van der Waals surface area contributed by atoms with Gasteiger partial charge in [0.2, 0.25) is 0 Å². The number of hydrogen-bond donors (Lipinski definition) is 1. The summed E-state index contributed by atoms with van der Waals surface area (Å²) in [5.74, 6) is 1.46. The quantitative estimate of drug-likeness (QED) is 0.825. The van der Waals surface area contributed by atoms with Crippen LogP contribution in [-0.2, 0) is 6.54 Å². The summed E-state index contributed by atoms with van der Waals surface area (Å²) in [5.41, 5.74) is 0.916. The summed E-state index contributed by atoms with van der Waals surface area (Å²) in [5, 5.41) is 10.1. The third kappa shape index (κ3) is 4.27. The molecule has 0 aliphatic carbocycles. The van der Waals surface area contributed by atoms with E-state index in [1.807, 2.05) is 19.1 Å². The maximum atomic E-state index is 10.1. The van der Waals surface area contributed by atoms with Crippen LogP contribution < -0.4 is 4.74 Å². The number of hydrogen-bond acceptors (Lipinski definition) is 3. The topological polar surface area (TPSA) is 32.7 Å². The van der Waals surface area contributed by atoms with Gasteiger partial charge in [0.05, 0.1) is 6.61 Å². The van der Waals surface area contributed by atoms with E-state index in [-0.39, 0.29) is 5.75 Å². The Hall–Kier alpha value is -1.22. The maximum absolute atomic E-state index is 10.1. The molecule has 0 spiro atoms. The summed E-state index contributed by atoms with van der Waals surface area (Å²) in [6.07, 6.45) is 0. The van der Waals surface area contributed by atoms with Crippen LogP contribution in [0.25, 0.3) is 0 Å². The van der Waals surface area contributed by atoms with Gasteiger partial charge >= 0.3 is 0 Å². The fraction of sp³-hybridized carbons (Fsp3) is 0.571. The highest BCUT2D eigenvalue weighted by Gasteiger charge is 2.10. The Bertz CT molecular complexity index is 350. The van der Waals surface area contributed by atoms with Gasteiger partial charge in [-0.3, -0.25) is 0 Å². The third-order valence-corrected chi connectivity index (χ3v) is 2.50. The lowest BCUT2D eigenvalue weighted by molar-refractivity contribution is 0.278. The molecule has 1 rings (SSSR count). The van der Waals surface area contributed by atoms with Crippen molar-refractivity contribution in [3.8, 4) is 11.5 Å². The largest absolute Gasteiger partial charge is 0.504 e. The van der Waals surface area contributed by atoms with E-state index in [2.05, 4.69) is 25.8 Å². The fourth-order valence-corrected chi connectivity index (χ4v) is 1.95. The molecule has 0 radical (unpaired) electrons. The zero-order valence-corrected chi connectivity index (χ0v) is 11.2. The lowest BCUT2D eigenvalue weighted by atomic mass is 10.1. The van der Waals surface area contributed by atoms with Crippen LogP contribution in [0.2, 0.25) is 0 Å². The maximum Gasteiger partial charge on any atom is 0.162 e. The van der Waals surface area contributed by atoms with Gasteiger partial charge < -0.3 is 14.7 Å². The van der Waals surface area contributed by atoms with Crippen molar-refractivity contribution in [3.63, 3.8) is 0 Å². The van der Waals surface area contributed by atoms with Crippen LogP contribution in [0.3, 0.4) is 0 Å². The molecule has 1 N–H and O–H groups in total. The van der Waals surface area contributed by atoms with Gasteiger partial charge in [-0.05, 0) is 26.0 Å². The van der Waals surface area contributed by atoms with Gasteiger partial charge in [0.15, 0.2) is 11.5 Å².